The van der Waals surface area contributed by atoms with Crippen molar-refractivity contribution < 1.29 is 39.6 Å². The van der Waals surface area contributed by atoms with E-state index in [9.17, 15) is 39.6 Å². The van der Waals surface area contributed by atoms with Gasteiger partial charge in [-0.1, -0.05) is 6.92 Å². The van der Waals surface area contributed by atoms with Gasteiger partial charge < -0.3 is 20.4 Å². The van der Waals surface area contributed by atoms with E-state index in [-0.39, 0.29) is 26.2 Å². The molecule has 12 heteroatoms. The fourth-order valence-electron chi connectivity index (χ4n) is 3.67. The summed E-state index contributed by atoms with van der Waals surface area (Å²) < 4.78 is 0. The highest BCUT2D eigenvalue weighted by Gasteiger charge is 2.28. The molecule has 0 aliphatic carbocycles. The summed E-state index contributed by atoms with van der Waals surface area (Å²) in [6.45, 7) is 5.18. The average molecular weight is 447 g/mol. The predicted octanol–water partition coefficient (Wildman–Crippen LogP) is -1.29. The zero-order chi connectivity index (χ0) is 23.6. The van der Waals surface area contributed by atoms with Crippen molar-refractivity contribution in [3.8, 4) is 0 Å². The first-order valence-electron chi connectivity index (χ1n) is 10.4. The Morgan fingerprint density at radius 2 is 1.06 bits per heavy atom. The van der Waals surface area contributed by atoms with Gasteiger partial charge in [0.05, 0.1) is 13.1 Å². The van der Waals surface area contributed by atoms with Crippen LogP contribution in [0.2, 0.25) is 0 Å². The molecule has 1 fully saturated rings. The molecule has 1 heterocycles. The molecule has 0 bridgehead atoms. The van der Waals surface area contributed by atoms with Crippen molar-refractivity contribution in [3.05, 3.63) is 0 Å². The smallest absolute Gasteiger partial charge is 0.320 e. The SMILES string of the molecule is CCC(C(=O)O)N1CCN(CC(=O)O)CCN(CC(=O)O)CCN(C(C)C(=O)O)CC1. The van der Waals surface area contributed by atoms with Gasteiger partial charge >= 0.3 is 23.9 Å². The molecule has 2 atom stereocenters. The van der Waals surface area contributed by atoms with E-state index < -0.39 is 36.0 Å². The normalized spacial score (nSPS) is 20.8. The first-order valence-corrected chi connectivity index (χ1v) is 10.4. The Morgan fingerprint density at radius 1 is 0.677 bits per heavy atom. The topological polar surface area (TPSA) is 162 Å². The van der Waals surface area contributed by atoms with Crippen molar-refractivity contribution in [1.82, 2.24) is 19.6 Å². The van der Waals surface area contributed by atoms with Crippen LogP contribution in [0.1, 0.15) is 20.3 Å². The molecule has 0 aromatic carbocycles. The number of carboxylic acids is 4. The minimum absolute atomic E-state index is 0.235. The molecule has 12 nitrogen and oxygen atoms in total. The third-order valence-corrected chi connectivity index (χ3v) is 5.55. The van der Waals surface area contributed by atoms with Crippen molar-refractivity contribution in [2.24, 2.45) is 0 Å². The molecular weight excluding hydrogens is 412 g/mol. The summed E-state index contributed by atoms with van der Waals surface area (Å²) in [6.07, 6.45) is 0.356. The summed E-state index contributed by atoms with van der Waals surface area (Å²) in [5.41, 5.74) is 0. The molecule has 178 valence electrons. The summed E-state index contributed by atoms with van der Waals surface area (Å²) >= 11 is 0. The molecule has 0 aromatic heterocycles. The first kappa shape index (κ1) is 26.8. The fourth-order valence-corrected chi connectivity index (χ4v) is 3.67. The largest absolute Gasteiger partial charge is 0.480 e. The van der Waals surface area contributed by atoms with Gasteiger partial charge in [0.1, 0.15) is 12.1 Å². The van der Waals surface area contributed by atoms with Gasteiger partial charge in [-0.3, -0.25) is 38.8 Å². The van der Waals surface area contributed by atoms with Crippen molar-refractivity contribution >= 4 is 23.9 Å². The number of nitrogens with zero attached hydrogens (tertiary/aromatic N) is 4. The minimum atomic E-state index is -1.02. The average Bonchev–Trinajstić information content (AvgIpc) is 2.66. The molecule has 0 spiro atoms. The highest BCUT2D eigenvalue weighted by atomic mass is 16.4. The lowest BCUT2D eigenvalue weighted by Crippen LogP contribution is -2.53. The first-order chi connectivity index (χ1) is 14.5. The van der Waals surface area contributed by atoms with E-state index in [0.29, 0.717) is 45.7 Å². The Labute approximate surface area is 181 Å². The van der Waals surface area contributed by atoms with E-state index in [0.717, 1.165) is 0 Å². The fraction of sp³-hybridized carbons (Fsp3) is 0.789. The molecule has 4 N–H and O–H groups in total. The van der Waals surface area contributed by atoms with Crippen LogP contribution in [0.3, 0.4) is 0 Å². The van der Waals surface area contributed by atoms with Crippen LogP contribution in [0.4, 0.5) is 0 Å². The lowest BCUT2D eigenvalue weighted by molar-refractivity contribution is -0.146. The van der Waals surface area contributed by atoms with Crippen LogP contribution < -0.4 is 0 Å². The zero-order valence-corrected chi connectivity index (χ0v) is 18.1. The van der Waals surface area contributed by atoms with Gasteiger partial charge in [0.15, 0.2) is 0 Å². The molecule has 1 rings (SSSR count). The van der Waals surface area contributed by atoms with Crippen LogP contribution in [0.15, 0.2) is 0 Å². The third-order valence-electron chi connectivity index (χ3n) is 5.55. The quantitative estimate of drug-likeness (QED) is 0.332. The van der Waals surface area contributed by atoms with Gasteiger partial charge in [-0.05, 0) is 13.3 Å². The van der Waals surface area contributed by atoms with E-state index in [4.69, 9.17) is 0 Å². The lowest BCUT2D eigenvalue weighted by atomic mass is 10.1. The highest BCUT2D eigenvalue weighted by Crippen LogP contribution is 2.09. The van der Waals surface area contributed by atoms with Gasteiger partial charge in [0.25, 0.3) is 0 Å². The highest BCUT2D eigenvalue weighted by molar-refractivity contribution is 5.73. The maximum absolute atomic E-state index is 11.7. The number of carbonyl (C=O) groups is 4. The van der Waals surface area contributed by atoms with Crippen LogP contribution in [0, 0.1) is 0 Å². The predicted molar refractivity (Wildman–Crippen MR) is 110 cm³/mol. The van der Waals surface area contributed by atoms with Crippen LogP contribution >= 0.6 is 0 Å². The third kappa shape index (κ3) is 9.59. The molecular formula is C19H34N4O8. The summed E-state index contributed by atoms with van der Waals surface area (Å²) in [5, 5.41) is 37.4. The van der Waals surface area contributed by atoms with Crippen LogP contribution in [-0.2, 0) is 19.2 Å². The molecule has 0 aromatic rings. The number of rotatable bonds is 9. The molecule has 0 amide bonds. The molecule has 1 saturated heterocycles. The lowest BCUT2D eigenvalue weighted by Gasteiger charge is -2.36. The second-order valence-electron chi connectivity index (χ2n) is 7.69. The Bertz CT molecular complexity index is 632. The maximum atomic E-state index is 11.7. The number of hydrogen-bond donors (Lipinski definition) is 4. The number of aliphatic carboxylic acids is 4. The molecule has 0 radical (unpaired) electrons. The van der Waals surface area contributed by atoms with Gasteiger partial charge in [0, 0.05) is 52.4 Å². The molecule has 0 saturated carbocycles. The van der Waals surface area contributed by atoms with E-state index in [1.54, 1.807) is 33.4 Å². The van der Waals surface area contributed by atoms with E-state index in [1.165, 1.54) is 0 Å². The Balaban J connectivity index is 3.11. The van der Waals surface area contributed by atoms with Gasteiger partial charge in [0.2, 0.25) is 0 Å². The van der Waals surface area contributed by atoms with Gasteiger partial charge in [-0.2, -0.15) is 0 Å². The van der Waals surface area contributed by atoms with E-state index in [2.05, 4.69) is 0 Å². The second-order valence-corrected chi connectivity index (χ2v) is 7.69. The Hall–Kier alpha value is -2.28. The molecule has 1 aliphatic heterocycles. The van der Waals surface area contributed by atoms with Crippen molar-refractivity contribution in [3.63, 3.8) is 0 Å². The van der Waals surface area contributed by atoms with Crippen molar-refractivity contribution in [1.29, 1.82) is 0 Å². The molecule has 1 aliphatic rings. The summed E-state index contributed by atoms with van der Waals surface area (Å²) in [7, 11) is 0. The summed E-state index contributed by atoms with van der Waals surface area (Å²) in [4.78, 5) is 52.5. The minimum Gasteiger partial charge on any atom is -0.480 e. The number of carboxylic acid groups (broad SMARTS) is 4. The van der Waals surface area contributed by atoms with E-state index >= 15 is 0 Å². The summed E-state index contributed by atoms with van der Waals surface area (Å²) in [5.74, 6) is -4.03. The molecule has 31 heavy (non-hydrogen) atoms. The standard InChI is InChI=1S/C19H34N4O8/c1-3-15(19(30)31)23-9-7-21(13-17(26)27)5-4-20(12-16(24)25)6-8-22(10-11-23)14(2)18(28)29/h14-15H,3-13H2,1-2H3,(H,24,25)(H,26,27)(H,28,29)(H,30,31). The van der Waals surface area contributed by atoms with Crippen LogP contribution in [-0.4, -0.2) is 141 Å². The van der Waals surface area contributed by atoms with Crippen molar-refractivity contribution in [2.45, 2.75) is 32.4 Å². The van der Waals surface area contributed by atoms with Gasteiger partial charge in [-0.15, -0.1) is 0 Å². The zero-order valence-electron chi connectivity index (χ0n) is 18.1. The summed E-state index contributed by atoms with van der Waals surface area (Å²) in [6, 6.07) is -1.58. The second kappa shape index (κ2) is 13.2. The Kier molecular flexibility index (Phi) is 11.4. The maximum Gasteiger partial charge on any atom is 0.320 e. The van der Waals surface area contributed by atoms with Crippen LogP contribution in [0.25, 0.3) is 0 Å². The Morgan fingerprint density at radius 3 is 1.45 bits per heavy atom. The monoisotopic (exact) mass is 446 g/mol. The van der Waals surface area contributed by atoms with Crippen molar-refractivity contribution in [2.75, 3.05) is 65.4 Å². The van der Waals surface area contributed by atoms with E-state index in [1.807, 2.05) is 0 Å². The van der Waals surface area contributed by atoms with Gasteiger partial charge in [-0.25, -0.2) is 0 Å². The number of hydrogen-bond acceptors (Lipinski definition) is 8. The molecule has 2 unspecified atom stereocenters. The van der Waals surface area contributed by atoms with Crippen LogP contribution in [0.5, 0.6) is 0 Å².